The number of nitrogens with two attached hydrogens (primary N) is 1. The molecule has 1 amide bonds. The van der Waals surface area contributed by atoms with Crippen molar-refractivity contribution in [2.45, 2.75) is 52.0 Å². The van der Waals surface area contributed by atoms with Gasteiger partial charge < -0.3 is 11.1 Å². The summed E-state index contributed by atoms with van der Waals surface area (Å²) >= 11 is 0. The number of anilines is 1. The number of nitrogen functional groups attached to an aromatic ring is 1. The van der Waals surface area contributed by atoms with Crippen LogP contribution in [0.3, 0.4) is 0 Å². The van der Waals surface area contributed by atoms with Crippen LogP contribution in [0.5, 0.6) is 0 Å². The Morgan fingerprint density at radius 3 is 2.50 bits per heavy atom. The van der Waals surface area contributed by atoms with E-state index in [9.17, 15) is 4.79 Å². The summed E-state index contributed by atoms with van der Waals surface area (Å²) < 4.78 is 0. The van der Waals surface area contributed by atoms with E-state index in [4.69, 9.17) is 5.73 Å². The molecule has 1 aliphatic carbocycles. The number of carbonyl (C=O) groups excluding carboxylic acids is 1. The summed E-state index contributed by atoms with van der Waals surface area (Å²) in [4.78, 5) is 12.4. The van der Waals surface area contributed by atoms with Crippen molar-refractivity contribution in [3.63, 3.8) is 0 Å². The van der Waals surface area contributed by atoms with Crippen molar-refractivity contribution in [1.82, 2.24) is 5.32 Å². The number of benzene rings is 1. The second-order valence-corrected chi connectivity index (χ2v) is 6.51. The Labute approximate surface area is 121 Å². The van der Waals surface area contributed by atoms with Gasteiger partial charge in [0, 0.05) is 11.7 Å². The van der Waals surface area contributed by atoms with Gasteiger partial charge in [-0.3, -0.25) is 4.79 Å². The fourth-order valence-corrected chi connectivity index (χ4v) is 3.37. The van der Waals surface area contributed by atoms with Crippen molar-refractivity contribution < 1.29 is 4.79 Å². The molecule has 3 unspecified atom stereocenters. The van der Waals surface area contributed by atoms with Crippen LogP contribution in [0.4, 0.5) is 5.69 Å². The number of carbonyl (C=O) groups is 1. The fourth-order valence-electron chi connectivity index (χ4n) is 3.37. The molecule has 20 heavy (non-hydrogen) atoms. The third-order valence-corrected chi connectivity index (χ3v) is 4.33. The van der Waals surface area contributed by atoms with Crippen molar-refractivity contribution in [3.8, 4) is 0 Å². The summed E-state index contributed by atoms with van der Waals surface area (Å²) in [6.07, 6.45) is 3.47. The molecular weight excluding hydrogens is 248 g/mol. The molecule has 1 aromatic rings. The molecule has 1 saturated carbocycles. The third kappa shape index (κ3) is 3.75. The maximum Gasteiger partial charge on any atom is 0.227 e. The molecule has 0 heterocycles. The minimum absolute atomic E-state index is 0.113. The van der Waals surface area contributed by atoms with Gasteiger partial charge in [-0.25, -0.2) is 0 Å². The smallest absolute Gasteiger partial charge is 0.227 e. The zero-order valence-electron chi connectivity index (χ0n) is 12.7. The molecule has 2 rings (SSSR count). The highest BCUT2D eigenvalue weighted by molar-refractivity contribution is 5.83. The molecule has 1 aromatic carbocycles. The van der Waals surface area contributed by atoms with Crippen molar-refractivity contribution in [1.29, 1.82) is 0 Å². The predicted molar refractivity (Wildman–Crippen MR) is 83.4 cm³/mol. The van der Waals surface area contributed by atoms with E-state index >= 15 is 0 Å². The molecule has 0 aliphatic heterocycles. The first-order valence-corrected chi connectivity index (χ1v) is 7.61. The molecule has 0 aromatic heterocycles. The highest BCUT2D eigenvalue weighted by atomic mass is 16.1. The molecule has 1 fully saturated rings. The van der Waals surface area contributed by atoms with E-state index in [1.54, 1.807) is 0 Å². The standard InChI is InChI=1S/C17H26N2O/c1-11-7-12(2)9-16(8-11)19-17(20)13(3)14-5-4-6-15(18)10-14/h4-6,10-13,16H,7-9,18H2,1-3H3,(H,19,20). The van der Waals surface area contributed by atoms with Crippen LogP contribution in [-0.4, -0.2) is 11.9 Å². The van der Waals surface area contributed by atoms with Gasteiger partial charge in [0.15, 0.2) is 0 Å². The number of amides is 1. The van der Waals surface area contributed by atoms with Crippen LogP contribution in [0.25, 0.3) is 0 Å². The Morgan fingerprint density at radius 2 is 1.90 bits per heavy atom. The molecular formula is C17H26N2O. The number of rotatable bonds is 3. The van der Waals surface area contributed by atoms with Crippen LogP contribution in [0, 0.1) is 11.8 Å². The summed E-state index contributed by atoms with van der Waals surface area (Å²) in [6.45, 7) is 6.49. The van der Waals surface area contributed by atoms with Crippen molar-refractivity contribution in [3.05, 3.63) is 29.8 Å². The SMILES string of the molecule is CC1CC(C)CC(NC(=O)C(C)c2cccc(N)c2)C1. The minimum Gasteiger partial charge on any atom is -0.399 e. The van der Waals surface area contributed by atoms with Gasteiger partial charge in [-0.05, 0) is 55.7 Å². The fraction of sp³-hybridized carbons (Fsp3) is 0.588. The Hall–Kier alpha value is -1.51. The molecule has 0 bridgehead atoms. The normalized spacial score (nSPS) is 27.9. The molecule has 0 saturated heterocycles. The molecule has 3 N–H and O–H groups in total. The van der Waals surface area contributed by atoms with Gasteiger partial charge in [-0.1, -0.05) is 26.0 Å². The largest absolute Gasteiger partial charge is 0.399 e. The van der Waals surface area contributed by atoms with Crippen molar-refractivity contribution >= 4 is 11.6 Å². The van der Waals surface area contributed by atoms with E-state index in [0.717, 1.165) is 18.4 Å². The molecule has 1 aliphatic rings. The van der Waals surface area contributed by atoms with E-state index < -0.39 is 0 Å². The average Bonchev–Trinajstić information content (AvgIpc) is 2.36. The van der Waals surface area contributed by atoms with Gasteiger partial charge in [0.25, 0.3) is 0 Å². The zero-order chi connectivity index (χ0) is 14.7. The second kappa shape index (κ2) is 6.29. The maximum atomic E-state index is 12.4. The van der Waals surface area contributed by atoms with E-state index in [-0.39, 0.29) is 11.8 Å². The first kappa shape index (κ1) is 14.9. The average molecular weight is 274 g/mol. The molecule has 0 radical (unpaired) electrons. The highest BCUT2D eigenvalue weighted by Crippen LogP contribution is 2.29. The second-order valence-electron chi connectivity index (χ2n) is 6.51. The summed E-state index contributed by atoms with van der Waals surface area (Å²) in [5.74, 6) is 1.37. The summed E-state index contributed by atoms with van der Waals surface area (Å²) in [5.41, 5.74) is 7.48. The van der Waals surface area contributed by atoms with Crippen LogP contribution in [0.15, 0.2) is 24.3 Å². The van der Waals surface area contributed by atoms with Gasteiger partial charge in [-0.2, -0.15) is 0 Å². The van der Waals surface area contributed by atoms with Crippen LogP contribution >= 0.6 is 0 Å². The molecule has 0 spiro atoms. The lowest BCUT2D eigenvalue weighted by atomic mass is 9.80. The quantitative estimate of drug-likeness (QED) is 0.831. The lowest BCUT2D eigenvalue weighted by Gasteiger charge is -2.32. The third-order valence-electron chi connectivity index (χ3n) is 4.33. The monoisotopic (exact) mass is 274 g/mol. The van der Waals surface area contributed by atoms with E-state index in [2.05, 4.69) is 19.2 Å². The number of hydrogen-bond donors (Lipinski definition) is 2. The van der Waals surface area contributed by atoms with Crippen LogP contribution in [0.2, 0.25) is 0 Å². The van der Waals surface area contributed by atoms with Crippen molar-refractivity contribution in [2.24, 2.45) is 11.8 Å². The lowest BCUT2D eigenvalue weighted by Crippen LogP contribution is -2.41. The first-order chi connectivity index (χ1) is 9.45. The zero-order valence-corrected chi connectivity index (χ0v) is 12.7. The Bertz CT molecular complexity index is 462. The first-order valence-electron chi connectivity index (χ1n) is 7.61. The van der Waals surface area contributed by atoms with Crippen LogP contribution in [0.1, 0.15) is 51.5 Å². The highest BCUT2D eigenvalue weighted by Gasteiger charge is 2.26. The van der Waals surface area contributed by atoms with Gasteiger partial charge in [0.2, 0.25) is 5.91 Å². The van der Waals surface area contributed by atoms with Gasteiger partial charge in [0.1, 0.15) is 0 Å². The number of nitrogens with one attached hydrogen (secondary N) is 1. The Balaban J connectivity index is 1.97. The van der Waals surface area contributed by atoms with E-state index in [0.29, 0.717) is 23.6 Å². The summed E-state index contributed by atoms with van der Waals surface area (Å²) in [5, 5.41) is 3.22. The molecule has 110 valence electrons. The number of hydrogen-bond acceptors (Lipinski definition) is 2. The van der Waals surface area contributed by atoms with Crippen molar-refractivity contribution in [2.75, 3.05) is 5.73 Å². The van der Waals surface area contributed by atoms with Crippen LogP contribution in [-0.2, 0) is 4.79 Å². The Kier molecular flexibility index (Phi) is 4.69. The van der Waals surface area contributed by atoms with Gasteiger partial charge in [-0.15, -0.1) is 0 Å². The van der Waals surface area contributed by atoms with Crippen LogP contribution < -0.4 is 11.1 Å². The topological polar surface area (TPSA) is 55.1 Å². The summed E-state index contributed by atoms with van der Waals surface area (Å²) in [7, 11) is 0. The maximum absolute atomic E-state index is 12.4. The van der Waals surface area contributed by atoms with E-state index in [1.165, 1.54) is 6.42 Å². The van der Waals surface area contributed by atoms with E-state index in [1.807, 2.05) is 31.2 Å². The predicted octanol–water partition coefficient (Wildman–Crippen LogP) is 3.31. The summed E-state index contributed by atoms with van der Waals surface area (Å²) in [6, 6.07) is 7.92. The lowest BCUT2D eigenvalue weighted by molar-refractivity contribution is -0.123. The minimum atomic E-state index is -0.147. The Morgan fingerprint density at radius 1 is 1.25 bits per heavy atom. The molecule has 3 nitrogen and oxygen atoms in total. The molecule has 3 atom stereocenters. The van der Waals surface area contributed by atoms with Gasteiger partial charge >= 0.3 is 0 Å². The van der Waals surface area contributed by atoms with Gasteiger partial charge in [0.05, 0.1) is 5.92 Å². The molecule has 3 heteroatoms.